The van der Waals surface area contributed by atoms with E-state index in [1.165, 1.54) is 6.42 Å². The summed E-state index contributed by atoms with van der Waals surface area (Å²) in [7, 11) is -9.59. The van der Waals surface area contributed by atoms with E-state index in [9.17, 15) is 34.7 Å². The average Bonchev–Trinajstić information content (AvgIpc) is 2.54. The van der Waals surface area contributed by atoms with Crippen LogP contribution in [0.3, 0.4) is 0 Å². The molecule has 0 aromatic carbocycles. The molecule has 2 unspecified atom stereocenters. The highest BCUT2D eigenvalue weighted by Gasteiger charge is 2.31. The van der Waals surface area contributed by atoms with Gasteiger partial charge in [-0.05, 0) is 39.5 Å². The van der Waals surface area contributed by atoms with Gasteiger partial charge in [-0.2, -0.15) is 0 Å². The molecule has 6 nitrogen and oxygen atoms in total. The van der Waals surface area contributed by atoms with Gasteiger partial charge in [-0.15, -0.1) is 0 Å². The van der Waals surface area contributed by atoms with E-state index in [4.69, 9.17) is 0 Å². The molecular formula is C20H46F2O6S2. The number of unbranched alkanes of at least 4 members (excludes halogenated alkanes) is 3. The van der Waals surface area contributed by atoms with Crippen molar-refractivity contribution in [2.24, 2.45) is 0 Å². The first-order chi connectivity index (χ1) is 12.5. The van der Waals surface area contributed by atoms with Crippen LogP contribution in [0.2, 0.25) is 0 Å². The molecule has 0 radical (unpaired) electrons. The lowest BCUT2D eigenvalue weighted by Gasteiger charge is -2.23. The minimum absolute atomic E-state index is 0. The molecule has 0 rings (SSSR count). The van der Waals surface area contributed by atoms with Crippen LogP contribution >= 0.6 is 0 Å². The average molecular weight is 485 g/mol. The first-order valence-electron chi connectivity index (χ1n) is 9.82. The van der Waals surface area contributed by atoms with Gasteiger partial charge in [0.25, 0.3) is 0 Å². The normalized spacial score (nSPS) is 14.3. The van der Waals surface area contributed by atoms with Crippen molar-refractivity contribution < 1.29 is 34.7 Å². The van der Waals surface area contributed by atoms with Crippen LogP contribution in [-0.4, -0.2) is 35.9 Å². The summed E-state index contributed by atoms with van der Waals surface area (Å²) in [6, 6.07) is 0. The Morgan fingerprint density at radius 2 is 0.900 bits per heavy atom. The predicted molar refractivity (Wildman–Crippen MR) is 122 cm³/mol. The quantitative estimate of drug-likeness (QED) is 0.208. The third-order valence-electron chi connectivity index (χ3n) is 3.25. The maximum Gasteiger partial charge on any atom is 0.196 e. The standard InChI is InChI=1S/C7H15FO3S.C6H13FO3S.C3H8.C2H6.2CH3/c1-3-4-5-6-7(2,8)12(9,10)11;1-3-4-5-6(2,7)11(8,9)10;1-3-2;1-2;;/h3-6H2,1-2H3,(H,9,10,11);3-5H2,1-2H3,(H,8,9,10);3H2,1-2H3;1-2H3;2*1H3/q;;;;2*+1/p-2. The van der Waals surface area contributed by atoms with E-state index in [1.54, 1.807) is 6.92 Å². The largest absolute Gasteiger partial charge is 0.745 e. The molecule has 0 saturated carbocycles. The van der Waals surface area contributed by atoms with Crippen LogP contribution < -0.4 is 0 Å². The van der Waals surface area contributed by atoms with Crippen molar-refractivity contribution >= 4 is 20.2 Å². The van der Waals surface area contributed by atoms with Crippen LogP contribution in [0, 0.1) is 14.9 Å². The minimum atomic E-state index is -4.80. The molecular weight excluding hydrogens is 438 g/mol. The van der Waals surface area contributed by atoms with Crippen molar-refractivity contribution in [2.45, 2.75) is 117 Å². The van der Waals surface area contributed by atoms with E-state index in [0.717, 1.165) is 26.7 Å². The van der Waals surface area contributed by atoms with E-state index >= 15 is 0 Å². The lowest BCUT2D eigenvalue weighted by atomic mass is 10.1. The van der Waals surface area contributed by atoms with Gasteiger partial charge in [0.15, 0.2) is 10.0 Å². The van der Waals surface area contributed by atoms with Gasteiger partial charge < -0.3 is 9.11 Å². The zero-order chi connectivity index (χ0) is 23.7. The van der Waals surface area contributed by atoms with Gasteiger partial charge in [0.1, 0.15) is 20.2 Å². The zero-order valence-corrected chi connectivity index (χ0v) is 22.3. The SMILES string of the molecule is CC.CCC.CCCCC(C)(F)S(=O)(=O)[O-].CCCCCC(C)(F)S(=O)(=O)[O-].[CH3+].[CH3+]. The van der Waals surface area contributed by atoms with Crippen LogP contribution in [0.1, 0.15) is 107 Å². The van der Waals surface area contributed by atoms with Crippen molar-refractivity contribution in [3.05, 3.63) is 14.9 Å². The van der Waals surface area contributed by atoms with Crippen LogP contribution in [0.4, 0.5) is 8.78 Å². The van der Waals surface area contributed by atoms with Gasteiger partial charge in [-0.1, -0.05) is 67.2 Å². The predicted octanol–water partition coefficient (Wildman–Crippen LogP) is 6.55. The second kappa shape index (κ2) is 21.6. The number of halogens is 2. The molecule has 0 aliphatic heterocycles. The molecule has 0 aromatic heterocycles. The third kappa shape index (κ3) is 23.7. The van der Waals surface area contributed by atoms with Gasteiger partial charge in [0, 0.05) is 14.9 Å². The fraction of sp³-hybridized carbons (Fsp3) is 0.900. The summed E-state index contributed by atoms with van der Waals surface area (Å²) in [5.41, 5.74) is 0. The summed E-state index contributed by atoms with van der Waals surface area (Å²) >= 11 is 0. The van der Waals surface area contributed by atoms with Gasteiger partial charge in [0.2, 0.25) is 0 Å². The summed E-state index contributed by atoms with van der Waals surface area (Å²) < 4.78 is 87.5. The van der Waals surface area contributed by atoms with Crippen molar-refractivity contribution in [3.63, 3.8) is 0 Å². The summed E-state index contributed by atoms with van der Waals surface area (Å²) in [6.07, 6.45) is 3.97. The van der Waals surface area contributed by atoms with Crippen LogP contribution in [0.25, 0.3) is 0 Å². The zero-order valence-electron chi connectivity index (χ0n) is 20.7. The Kier molecular flexibility index (Phi) is 31.3. The van der Waals surface area contributed by atoms with E-state index in [-0.39, 0.29) is 27.7 Å². The van der Waals surface area contributed by atoms with E-state index in [0.29, 0.717) is 19.3 Å². The van der Waals surface area contributed by atoms with E-state index in [1.807, 2.05) is 20.8 Å². The molecule has 0 spiro atoms. The summed E-state index contributed by atoms with van der Waals surface area (Å²) in [5.74, 6) is 0. The topological polar surface area (TPSA) is 114 Å². The molecule has 0 heterocycles. The highest BCUT2D eigenvalue weighted by Crippen LogP contribution is 2.25. The summed E-state index contributed by atoms with van der Waals surface area (Å²) in [6.45, 7) is 13.6. The van der Waals surface area contributed by atoms with Crippen molar-refractivity contribution in [1.29, 1.82) is 0 Å². The minimum Gasteiger partial charge on any atom is -0.745 e. The van der Waals surface area contributed by atoms with E-state index < -0.39 is 30.2 Å². The first-order valence-corrected chi connectivity index (χ1v) is 12.6. The lowest BCUT2D eigenvalue weighted by Crippen LogP contribution is -2.29. The molecule has 30 heavy (non-hydrogen) atoms. The fourth-order valence-corrected chi connectivity index (χ4v) is 2.22. The Bertz CT molecular complexity index is 546. The smallest absolute Gasteiger partial charge is 0.196 e. The highest BCUT2D eigenvalue weighted by molar-refractivity contribution is 7.87. The molecule has 0 aliphatic rings. The maximum absolute atomic E-state index is 13.0. The Labute approximate surface area is 186 Å². The number of alkyl halides is 2. The number of rotatable bonds is 9. The molecule has 0 fully saturated rings. The lowest BCUT2D eigenvalue weighted by molar-refractivity contribution is 0.242. The molecule has 0 saturated heterocycles. The Morgan fingerprint density at radius 3 is 1.10 bits per heavy atom. The number of hydrogen-bond donors (Lipinski definition) is 0. The Hall–Kier alpha value is -0.580. The monoisotopic (exact) mass is 484 g/mol. The molecule has 0 bridgehead atoms. The maximum atomic E-state index is 13.0. The van der Waals surface area contributed by atoms with E-state index in [2.05, 4.69) is 13.8 Å². The molecule has 0 aromatic rings. The highest BCUT2D eigenvalue weighted by atomic mass is 32.2. The fourth-order valence-electron chi connectivity index (χ4n) is 1.43. The molecule has 0 aliphatic carbocycles. The summed E-state index contributed by atoms with van der Waals surface area (Å²) in [4.78, 5) is 0. The molecule has 0 amide bonds. The molecule has 10 heteroatoms. The van der Waals surface area contributed by atoms with Gasteiger partial charge in [-0.25, -0.2) is 25.6 Å². The molecule has 0 N–H and O–H groups in total. The van der Waals surface area contributed by atoms with Gasteiger partial charge >= 0.3 is 0 Å². The van der Waals surface area contributed by atoms with Crippen LogP contribution in [-0.2, 0) is 20.2 Å². The van der Waals surface area contributed by atoms with Crippen molar-refractivity contribution in [2.75, 3.05) is 0 Å². The molecule has 188 valence electrons. The van der Waals surface area contributed by atoms with Crippen LogP contribution in [0.5, 0.6) is 0 Å². The third-order valence-corrected chi connectivity index (χ3v) is 5.74. The summed E-state index contributed by atoms with van der Waals surface area (Å²) in [5, 5.41) is -5.19. The molecule has 2 atom stereocenters. The van der Waals surface area contributed by atoms with Crippen molar-refractivity contribution in [3.8, 4) is 0 Å². The number of hydrogen-bond acceptors (Lipinski definition) is 6. The Balaban J connectivity index is -0.0000000748. The van der Waals surface area contributed by atoms with Crippen molar-refractivity contribution in [1.82, 2.24) is 0 Å². The first kappa shape index (κ1) is 43.3. The second-order valence-corrected chi connectivity index (χ2v) is 9.90. The van der Waals surface area contributed by atoms with Gasteiger partial charge in [-0.3, -0.25) is 0 Å². The Morgan fingerprint density at radius 1 is 0.667 bits per heavy atom. The van der Waals surface area contributed by atoms with Gasteiger partial charge in [0.05, 0.1) is 0 Å². The second-order valence-electron chi connectivity index (χ2n) is 6.38. The van der Waals surface area contributed by atoms with Crippen LogP contribution in [0.15, 0.2) is 0 Å².